The normalized spacial score (nSPS) is 24.0. The lowest BCUT2D eigenvalue weighted by atomic mass is 10.1. The summed E-state index contributed by atoms with van der Waals surface area (Å²) in [6.45, 7) is 0.640. The Morgan fingerprint density at radius 3 is 2.52 bits per heavy atom. The lowest BCUT2D eigenvalue weighted by molar-refractivity contribution is -0.117. The molecule has 4 rings (SSSR count). The topological polar surface area (TPSA) is 66.8 Å². The molecule has 2 aromatic rings. The van der Waals surface area contributed by atoms with E-state index < -0.39 is 9.84 Å². The first-order valence-corrected chi connectivity index (χ1v) is 12.5. The van der Waals surface area contributed by atoms with Gasteiger partial charge in [0.05, 0.1) is 24.0 Å². The third-order valence-electron chi connectivity index (χ3n) is 5.15. The molecule has 1 amide bonds. The van der Waals surface area contributed by atoms with Crippen LogP contribution in [0, 0.1) is 0 Å². The summed E-state index contributed by atoms with van der Waals surface area (Å²) in [4.78, 5) is 18.9. The zero-order valence-corrected chi connectivity index (χ0v) is 18.1. The van der Waals surface area contributed by atoms with Crippen LogP contribution in [-0.4, -0.2) is 53.7 Å². The zero-order valence-electron chi connectivity index (χ0n) is 15.7. The van der Waals surface area contributed by atoms with E-state index in [4.69, 9.17) is 11.6 Å². The van der Waals surface area contributed by atoms with E-state index in [1.165, 1.54) is 17.3 Å². The predicted molar refractivity (Wildman–Crippen MR) is 118 cm³/mol. The van der Waals surface area contributed by atoms with Crippen LogP contribution < -0.4 is 0 Å². The number of amidine groups is 1. The van der Waals surface area contributed by atoms with Gasteiger partial charge < -0.3 is 4.90 Å². The summed E-state index contributed by atoms with van der Waals surface area (Å²) in [7, 11) is -3.04. The van der Waals surface area contributed by atoms with E-state index in [1.54, 1.807) is 12.1 Å². The molecular formula is C21H21ClN2O3S2. The van der Waals surface area contributed by atoms with E-state index in [0.717, 1.165) is 12.0 Å². The number of halogens is 1. The van der Waals surface area contributed by atoms with Gasteiger partial charge in [-0.1, -0.05) is 65.8 Å². The van der Waals surface area contributed by atoms with Crippen LogP contribution in [0.25, 0.3) is 0 Å². The Morgan fingerprint density at radius 1 is 1.07 bits per heavy atom. The molecular weight excluding hydrogens is 428 g/mol. The number of nitrogens with zero attached hydrogens (tertiary/aromatic N) is 2. The molecule has 29 heavy (non-hydrogen) atoms. The van der Waals surface area contributed by atoms with Crippen molar-refractivity contribution in [1.29, 1.82) is 0 Å². The number of carbonyl (C=O) groups is 1. The van der Waals surface area contributed by atoms with Crippen molar-refractivity contribution >= 4 is 44.3 Å². The van der Waals surface area contributed by atoms with Crippen LogP contribution in [0.3, 0.4) is 0 Å². The minimum absolute atomic E-state index is 0.0575. The Labute approximate surface area is 180 Å². The number of aliphatic imine (C=N–C) groups is 1. The second-order valence-electron chi connectivity index (χ2n) is 7.32. The van der Waals surface area contributed by atoms with Gasteiger partial charge in [-0.25, -0.2) is 8.42 Å². The molecule has 0 spiro atoms. The van der Waals surface area contributed by atoms with Gasteiger partial charge in [-0.15, -0.1) is 0 Å². The van der Waals surface area contributed by atoms with E-state index in [9.17, 15) is 13.2 Å². The number of carbonyl (C=O) groups excluding carboxylic acids is 1. The molecule has 2 heterocycles. The summed E-state index contributed by atoms with van der Waals surface area (Å²) >= 11 is 7.32. The van der Waals surface area contributed by atoms with Crippen molar-refractivity contribution in [3.8, 4) is 0 Å². The molecule has 152 valence electrons. The monoisotopic (exact) mass is 448 g/mol. The highest BCUT2D eigenvalue weighted by Gasteiger charge is 2.48. The van der Waals surface area contributed by atoms with Gasteiger partial charge in [-0.05, 0) is 29.7 Å². The van der Waals surface area contributed by atoms with Crippen molar-refractivity contribution in [2.45, 2.75) is 24.1 Å². The molecule has 2 aliphatic rings. The number of sulfone groups is 1. The molecule has 0 saturated carbocycles. The Bertz CT molecular complexity index is 1020. The lowest BCUT2D eigenvalue weighted by Gasteiger charge is -2.24. The zero-order chi connectivity index (χ0) is 20.4. The van der Waals surface area contributed by atoms with Crippen molar-refractivity contribution in [1.82, 2.24) is 4.90 Å². The third kappa shape index (κ3) is 5.02. The molecule has 2 aromatic carbocycles. The molecule has 2 aliphatic heterocycles. The van der Waals surface area contributed by atoms with Gasteiger partial charge in [0.15, 0.2) is 15.0 Å². The summed E-state index contributed by atoms with van der Waals surface area (Å²) in [6, 6.07) is 17.1. The second kappa shape index (κ2) is 8.50. The molecule has 2 saturated heterocycles. The number of rotatable bonds is 5. The van der Waals surface area contributed by atoms with Crippen molar-refractivity contribution in [2.75, 3.05) is 18.1 Å². The summed E-state index contributed by atoms with van der Waals surface area (Å²) in [5.41, 5.74) is 2.03. The van der Waals surface area contributed by atoms with Crippen molar-refractivity contribution in [3.05, 3.63) is 70.7 Å². The third-order valence-corrected chi connectivity index (χ3v) is 8.65. The molecule has 8 heteroatoms. The first kappa shape index (κ1) is 20.4. The number of hydrogen-bond acceptors (Lipinski definition) is 4. The van der Waals surface area contributed by atoms with Crippen molar-refractivity contribution < 1.29 is 13.2 Å². The van der Waals surface area contributed by atoms with Crippen LogP contribution in [0.5, 0.6) is 0 Å². The molecule has 0 unspecified atom stereocenters. The van der Waals surface area contributed by atoms with Crippen molar-refractivity contribution in [3.63, 3.8) is 0 Å². The van der Waals surface area contributed by atoms with Crippen LogP contribution in [0.15, 0.2) is 59.6 Å². The van der Waals surface area contributed by atoms with Gasteiger partial charge in [0, 0.05) is 16.8 Å². The lowest BCUT2D eigenvalue weighted by Crippen LogP contribution is -2.39. The highest BCUT2D eigenvalue weighted by Crippen LogP contribution is 2.38. The van der Waals surface area contributed by atoms with Crippen molar-refractivity contribution in [2.24, 2.45) is 4.99 Å². The minimum atomic E-state index is -3.04. The Kier molecular flexibility index (Phi) is 5.99. The summed E-state index contributed by atoms with van der Waals surface area (Å²) in [5, 5.41) is 1.21. The molecule has 2 atom stereocenters. The largest absolute Gasteiger partial charge is 0.346 e. The van der Waals surface area contributed by atoms with Gasteiger partial charge in [-0.2, -0.15) is 4.99 Å². The number of fused-ring (bicyclic) bond motifs is 1. The highest BCUT2D eigenvalue weighted by atomic mass is 35.5. The van der Waals surface area contributed by atoms with Crippen LogP contribution in [0.2, 0.25) is 5.02 Å². The molecule has 0 bridgehead atoms. The smallest absolute Gasteiger partial charge is 0.252 e. The van der Waals surface area contributed by atoms with Gasteiger partial charge in [0.1, 0.15) is 0 Å². The van der Waals surface area contributed by atoms with E-state index in [1.807, 2.05) is 35.2 Å². The summed E-state index contributed by atoms with van der Waals surface area (Å²) in [6.07, 6.45) is 0.969. The molecule has 0 radical (unpaired) electrons. The maximum Gasteiger partial charge on any atom is 0.252 e. The highest BCUT2D eigenvalue weighted by molar-refractivity contribution is 8.15. The first-order chi connectivity index (χ1) is 13.9. The SMILES string of the molecule is O=C(Cc1ccc(Cl)cc1)N=C1S[C@H]2CS(=O)(=O)C[C@H]2N1CCc1ccccc1. The molecule has 2 fully saturated rings. The van der Waals surface area contributed by atoms with E-state index >= 15 is 0 Å². The van der Waals surface area contributed by atoms with Crippen LogP contribution in [-0.2, 0) is 27.5 Å². The Hall–Kier alpha value is -1.83. The molecule has 5 nitrogen and oxygen atoms in total. The molecule has 0 aliphatic carbocycles. The van der Waals surface area contributed by atoms with E-state index in [0.29, 0.717) is 16.7 Å². The maximum absolute atomic E-state index is 12.5. The fourth-order valence-electron chi connectivity index (χ4n) is 3.71. The van der Waals surface area contributed by atoms with Crippen LogP contribution in [0.1, 0.15) is 11.1 Å². The summed E-state index contributed by atoms with van der Waals surface area (Å²) < 4.78 is 24.2. The van der Waals surface area contributed by atoms with Crippen LogP contribution >= 0.6 is 23.4 Å². The number of thioether (sulfide) groups is 1. The quantitative estimate of drug-likeness (QED) is 0.702. The van der Waals surface area contributed by atoms with Gasteiger partial charge in [0.2, 0.25) is 0 Å². The fraction of sp³-hybridized carbons (Fsp3) is 0.333. The van der Waals surface area contributed by atoms with Gasteiger partial charge in [0.25, 0.3) is 5.91 Å². The average Bonchev–Trinajstić information content (AvgIpc) is 3.14. The average molecular weight is 449 g/mol. The molecule has 0 aromatic heterocycles. The Morgan fingerprint density at radius 2 is 1.79 bits per heavy atom. The standard InChI is InChI=1S/C21H21ClN2O3S2/c22-17-8-6-16(7-9-17)12-20(25)23-21-24(11-10-15-4-2-1-3-5-15)18-13-29(26,27)14-19(18)28-21/h1-9,18-19H,10-14H2/t18-,19+/m1/s1. The first-order valence-electron chi connectivity index (χ1n) is 9.43. The second-order valence-corrected chi connectivity index (χ2v) is 11.1. The number of benzene rings is 2. The number of amides is 1. The van der Waals surface area contributed by atoms with Gasteiger partial charge >= 0.3 is 0 Å². The van der Waals surface area contributed by atoms with Gasteiger partial charge in [-0.3, -0.25) is 4.79 Å². The number of hydrogen-bond donors (Lipinski definition) is 0. The van der Waals surface area contributed by atoms with E-state index in [2.05, 4.69) is 17.1 Å². The molecule has 0 N–H and O–H groups in total. The Balaban J connectivity index is 1.51. The van der Waals surface area contributed by atoms with E-state index in [-0.39, 0.29) is 35.1 Å². The predicted octanol–water partition coefficient (Wildman–Crippen LogP) is 3.22. The maximum atomic E-state index is 12.5. The van der Waals surface area contributed by atoms with Crippen LogP contribution in [0.4, 0.5) is 0 Å². The summed E-state index contributed by atoms with van der Waals surface area (Å²) in [5.74, 6) is 0.0423. The fourth-order valence-corrected chi connectivity index (χ4v) is 7.84. The minimum Gasteiger partial charge on any atom is -0.346 e.